The molecule has 0 saturated heterocycles. The van der Waals surface area contributed by atoms with Gasteiger partial charge in [-0.1, -0.05) is 17.7 Å². The molecule has 0 amide bonds. The minimum atomic E-state index is 0.387. The minimum absolute atomic E-state index is 0.387. The molecule has 0 bridgehead atoms. The first-order chi connectivity index (χ1) is 7.24. The normalized spacial score (nSPS) is 10.3. The summed E-state index contributed by atoms with van der Waals surface area (Å²) in [6, 6.07) is 7.24. The van der Waals surface area contributed by atoms with Gasteiger partial charge in [-0.05, 0) is 18.2 Å². The molecule has 0 atom stereocenters. The molecule has 1 heterocycles. The summed E-state index contributed by atoms with van der Waals surface area (Å²) in [7, 11) is 0. The van der Waals surface area contributed by atoms with Gasteiger partial charge in [-0.2, -0.15) is 0 Å². The van der Waals surface area contributed by atoms with Gasteiger partial charge in [-0.25, -0.2) is 4.98 Å². The number of oxazole rings is 1. The molecule has 0 fully saturated rings. The summed E-state index contributed by atoms with van der Waals surface area (Å²) in [4.78, 5) is 4.12. The molecule has 2 rings (SSSR count). The number of nitrogens with zero attached hydrogens (tertiary/aromatic N) is 1. The van der Waals surface area contributed by atoms with E-state index < -0.39 is 0 Å². The molecule has 2 aromatic rings. The lowest BCUT2D eigenvalue weighted by Gasteiger charge is -2.03. The molecular formula is C11H10ClNO2. The van der Waals surface area contributed by atoms with Gasteiger partial charge < -0.3 is 9.15 Å². The van der Waals surface area contributed by atoms with Crippen molar-refractivity contribution in [3.05, 3.63) is 47.1 Å². The van der Waals surface area contributed by atoms with Crippen LogP contribution in [0.4, 0.5) is 0 Å². The summed E-state index contributed by atoms with van der Waals surface area (Å²) in [5.41, 5.74) is 0.771. The van der Waals surface area contributed by atoms with Crippen LogP contribution in [0, 0.1) is 6.92 Å². The second-order valence-corrected chi connectivity index (χ2v) is 3.54. The highest BCUT2D eigenvalue weighted by molar-refractivity contribution is 6.30. The Morgan fingerprint density at radius 2 is 2.33 bits per heavy atom. The zero-order valence-electron chi connectivity index (χ0n) is 8.24. The van der Waals surface area contributed by atoms with Gasteiger partial charge >= 0.3 is 0 Å². The van der Waals surface area contributed by atoms with Crippen LogP contribution in [0.5, 0.6) is 5.75 Å². The van der Waals surface area contributed by atoms with Crippen LogP contribution in [-0.2, 0) is 6.61 Å². The lowest BCUT2D eigenvalue weighted by Crippen LogP contribution is -1.95. The fourth-order valence-electron chi connectivity index (χ4n) is 1.19. The van der Waals surface area contributed by atoms with Gasteiger partial charge in [0.15, 0.2) is 5.89 Å². The van der Waals surface area contributed by atoms with E-state index in [1.807, 2.05) is 12.1 Å². The molecule has 0 spiro atoms. The maximum absolute atomic E-state index is 5.82. The van der Waals surface area contributed by atoms with Gasteiger partial charge in [0.05, 0.1) is 0 Å². The standard InChI is InChI=1S/C11H10ClNO2/c1-8-13-10(6-14-8)7-15-11-4-2-3-9(12)5-11/h2-6H,7H2,1H3. The predicted molar refractivity (Wildman–Crippen MR) is 57.0 cm³/mol. The van der Waals surface area contributed by atoms with E-state index in [1.165, 1.54) is 0 Å². The summed E-state index contributed by atoms with van der Waals surface area (Å²) < 4.78 is 10.5. The minimum Gasteiger partial charge on any atom is -0.487 e. The monoisotopic (exact) mass is 223 g/mol. The second-order valence-electron chi connectivity index (χ2n) is 3.10. The van der Waals surface area contributed by atoms with Crippen molar-refractivity contribution in [1.29, 1.82) is 0 Å². The van der Waals surface area contributed by atoms with Gasteiger partial charge in [0.1, 0.15) is 24.3 Å². The maximum Gasteiger partial charge on any atom is 0.191 e. The molecule has 3 nitrogen and oxygen atoms in total. The Hall–Kier alpha value is -1.48. The topological polar surface area (TPSA) is 35.3 Å². The highest BCUT2D eigenvalue weighted by atomic mass is 35.5. The molecule has 0 aliphatic heterocycles. The Balaban J connectivity index is 1.99. The first-order valence-electron chi connectivity index (χ1n) is 4.53. The van der Waals surface area contributed by atoms with E-state index in [9.17, 15) is 0 Å². The maximum atomic E-state index is 5.82. The van der Waals surface area contributed by atoms with Crippen LogP contribution in [0.1, 0.15) is 11.6 Å². The molecule has 4 heteroatoms. The van der Waals surface area contributed by atoms with E-state index in [1.54, 1.807) is 25.3 Å². The number of aromatic nitrogens is 1. The van der Waals surface area contributed by atoms with Crippen molar-refractivity contribution in [2.45, 2.75) is 13.5 Å². The zero-order valence-corrected chi connectivity index (χ0v) is 8.99. The van der Waals surface area contributed by atoms with Gasteiger partial charge in [0, 0.05) is 11.9 Å². The van der Waals surface area contributed by atoms with Crippen LogP contribution < -0.4 is 4.74 Å². The van der Waals surface area contributed by atoms with Gasteiger partial charge in [-0.15, -0.1) is 0 Å². The quantitative estimate of drug-likeness (QED) is 0.802. The third kappa shape index (κ3) is 2.73. The number of aryl methyl sites for hydroxylation is 1. The van der Waals surface area contributed by atoms with E-state index in [2.05, 4.69) is 4.98 Å². The second kappa shape index (κ2) is 4.36. The summed E-state index contributed by atoms with van der Waals surface area (Å²) in [6.07, 6.45) is 1.58. The Kier molecular flexibility index (Phi) is 2.92. The van der Waals surface area contributed by atoms with Gasteiger partial charge in [0.25, 0.3) is 0 Å². The Morgan fingerprint density at radius 1 is 1.47 bits per heavy atom. The van der Waals surface area contributed by atoms with E-state index in [0.717, 1.165) is 11.4 Å². The number of hydrogen-bond donors (Lipinski definition) is 0. The van der Waals surface area contributed by atoms with E-state index >= 15 is 0 Å². The van der Waals surface area contributed by atoms with Crippen LogP contribution in [0.15, 0.2) is 34.9 Å². The highest BCUT2D eigenvalue weighted by Gasteiger charge is 2.01. The fraction of sp³-hybridized carbons (Fsp3) is 0.182. The molecule has 0 radical (unpaired) electrons. The van der Waals surface area contributed by atoms with Gasteiger partial charge in [0.2, 0.25) is 0 Å². The predicted octanol–water partition coefficient (Wildman–Crippen LogP) is 3.22. The van der Waals surface area contributed by atoms with Crippen molar-refractivity contribution in [3.63, 3.8) is 0 Å². The first-order valence-corrected chi connectivity index (χ1v) is 4.91. The van der Waals surface area contributed by atoms with Crippen molar-refractivity contribution >= 4 is 11.6 Å². The molecule has 0 aliphatic carbocycles. The third-order valence-electron chi connectivity index (χ3n) is 1.85. The molecule has 78 valence electrons. The van der Waals surface area contributed by atoms with E-state index in [-0.39, 0.29) is 0 Å². The molecular weight excluding hydrogens is 214 g/mol. The molecule has 0 unspecified atom stereocenters. The summed E-state index contributed by atoms with van der Waals surface area (Å²) in [6.45, 7) is 2.18. The zero-order chi connectivity index (χ0) is 10.7. The summed E-state index contributed by atoms with van der Waals surface area (Å²) in [5.74, 6) is 1.36. The molecule has 0 saturated carbocycles. The van der Waals surface area contributed by atoms with Crippen molar-refractivity contribution in [1.82, 2.24) is 4.98 Å². The molecule has 0 aliphatic rings. The third-order valence-corrected chi connectivity index (χ3v) is 2.08. The van der Waals surface area contributed by atoms with Crippen LogP contribution in [-0.4, -0.2) is 4.98 Å². The van der Waals surface area contributed by atoms with Crippen molar-refractivity contribution in [3.8, 4) is 5.75 Å². The molecule has 1 aromatic heterocycles. The molecule has 1 aromatic carbocycles. The van der Waals surface area contributed by atoms with E-state index in [0.29, 0.717) is 17.5 Å². The lowest BCUT2D eigenvalue weighted by molar-refractivity contribution is 0.301. The highest BCUT2D eigenvalue weighted by Crippen LogP contribution is 2.18. The van der Waals surface area contributed by atoms with Crippen LogP contribution in [0.2, 0.25) is 5.02 Å². The Morgan fingerprint density at radius 3 is 3.00 bits per heavy atom. The summed E-state index contributed by atoms with van der Waals surface area (Å²) >= 11 is 5.82. The average Bonchev–Trinajstić information content (AvgIpc) is 2.62. The smallest absolute Gasteiger partial charge is 0.191 e. The van der Waals surface area contributed by atoms with Gasteiger partial charge in [-0.3, -0.25) is 0 Å². The lowest BCUT2D eigenvalue weighted by atomic mass is 10.3. The van der Waals surface area contributed by atoms with Crippen LogP contribution >= 0.6 is 11.6 Å². The molecule has 0 N–H and O–H groups in total. The Labute approximate surface area is 92.6 Å². The van der Waals surface area contributed by atoms with E-state index in [4.69, 9.17) is 20.8 Å². The average molecular weight is 224 g/mol. The largest absolute Gasteiger partial charge is 0.487 e. The number of hydrogen-bond acceptors (Lipinski definition) is 3. The fourth-order valence-corrected chi connectivity index (χ4v) is 1.37. The summed E-state index contributed by atoms with van der Waals surface area (Å²) in [5, 5.41) is 0.656. The van der Waals surface area contributed by atoms with Crippen LogP contribution in [0.25, 0.3) is 0 Å². The molecule has 15 heavy (non-hydrogen) atoms. The van der Waals surface area contributed by atoms with Crippen molar-refractivity contribution in [2.24, 2.45) is 0 Å². The number of rotatable bonds is 3. The SMILES string of the molecule is Cc1nc(COc2cccc(Cl)c2)co1. The first kappa shape index (κ1) is 10.1. The number of halogens is 1. The number of benzene rings is 1. The Bertz CT molecular complexity index is 453. The van der Waals surface area contributed by atoms with Crippen LogP contribution in [0.3, 0.4) is 0 Å². The number of ether oxygens (including phenoxy) is 1. The van der Waals surface area contributed by atoms with Crippen molar-refractivity contribution in [2.75, 3.05) is 0 Å². The van der Waals surface area contributed by atoms with Crippen molar-refractivity contribution < 1.29 is 9.15 Å².